The molecule has 2 aromatic carbocycles. The molecule has 0 saturated heterocycles. The van der Waals surface area contributed by atoms with Gasteiger partial charge in [-0.25, -0.2) is 0 Å². The summed E-state index contributed by atoms with van der Waals surface area (Å²) in [4.78, 5) is 13.4. The minimum Gasteiger partial charge on any atom is -0.294 e. The lowest BCUT2D eigenvalue weighted by Crippen LogP contribution is -2.02. The van der Waals surface area contributed by atoms with E-state index in [0.29, 0.717) is 11.9 Å². The SMILES string of the molecule is [B]c1ccc(-c2csc(CC(=C)C(=C)c3cccc(C)c3)c2C(C)=O)cc1. The predicted molar refractivity (Wildman–Crippen MR) is 118 cm³/mol. The molecule has 1 aromatic heterocycles. The number of carbonyl (C=O) groups excluding carboxylic acids is 1. The molecule has 0 bridgehead atoms. The highest BCUT2D eigenvalue weighted by Crippen LogP contribution is 2.35. The Kier molecular flexibility index (Phi) is 5.62. The van der Waals surface area contributed by atoms with E-state index in [1.54, 1.807) is 18.3 Å². The van der Waals surface area contributed by atoms with Gasteiger partial charge in [-0.3, -0.25) is 4.79 Å². The molecule has 132 valence electrons. The first-order valence-corrected chi connectivity index (χ1v) is 9.66. The third kappa shape index (κ3) is 4.20. The number of Topliss-reactive ketones (excluding diaryl/α,β-unsaturated/α-hetero) is 1. The number of aryl methyl sites for hydroxylation is 1. The fourth-order valence-corrected chi connectivity index (χ4v) is 4.27. The van der Waals surface area contributed by atoms with Crippen LogP contribution in [0.4, 0.5) is 0 Å². The first-order valence-electron chi connectivity index (χ1n) is 8.78. The molecule has 0 aliphatic heterocycles. The number of thiophene rings is 1. The minimum absolute atomic E-state index is 0.0621. The number of carbonyl (C=O) groups is 1. The maximum Gasteiger partial charge on any atom is 0.161 e. The lowest BCUT2D eigenvalue weighted by Gasteiger charge is -2.11. The number of ketones is 1. The van der Waals surface area contributed by atoms with Crippen LogP contribution in [-0.4, -0.2) is 13.6 Å². The number of rotatable bonds is 6. The van der Waals surface area contributed by atoms with Crippen molar-refractivity contribution >= 4 is 36.0 Å². The van der Waals surface area contributed by atoms with E-state index in [-0.39, 0.29) is 5.78 Å². The summed E-state index contributed by atoms with van der Waals surface area (Å²) in [5.74, 6) is 0.0621. The topological polar surface area (TPSA) is 17.1 Å². The van der Waals surface area contributed by atoms with Crippen LogP contribution in [0.2, 0.25) is 0 Å². The van der Waals surface area contributed by atoms with E-state index in [4.69, 9.17) is 7.85 Å². The van der Waals surface area contributed by atoms with Gasteiger partial charge in [-0.15, -0.1) is 11.3 Å². The van der Waals surface area contributed by atoms with Crippen LogP contribution in [0.3, 0.4) is 0 Å². The zero-order chi connectivity index (χ0) is 19.6. The van der Waals surface area contributed by atoms with Gasteiger partial charge >= 0.3 is 0 Å². The molecule has 1 heterocycles. The van der Waals surface area contributed by atoms with E-state index in [9.17, 15) is 4.79 Å². The van der Waals surface area contributed by atoms with E-state index < -0.39 is 0 Å². The lowest BCUT2D eigenvalue weighted by molar-refractivity contribution is 0.101. The summed E-state index contributed by atoms with van der Waals surface area (Å²) in [6, 6.07) is 15.8. The Hall–Kier alpha value is -2.65. The molecule has 0 fully saturated rings. The minimum atomic E-state index is 0.0621. The van der Waals surface area contributed by atoms with Crippen molar-refractivity contribution in [3.63, 3.8) is 0 Å². The summed E-state index contributed by atoms with van der Waals surface area (Å²) >= 11 is 1.59. The van der Waals surface area contributed by atoms with E-state index in [1.807, 2.05) is 41.8 Å². The van der Waals surface area contributed by atoms with Crippen molar-refractivity contribution in [1.29, 1.82) is 0 Å². The molecule has 0 N–H and O–H groups in total. The summed E-state index contributed by atoms with van der Waals surface area (Å²) in [7, 11) is 5.79. The molecule has 3 rings (SSSR count). The van der Waals surface area contributed by atoms with Crippen LogP contribution in [0.1, 0.15) is 33.3 Å². The van der Waals surface area contributed by atoms with Gasteiger partial charge in [-0.05, 0) is 41.5 Å². The van der Waals surface area contributed by atoms with Crippen LogP contribution >= 0.6 is 11.3 Å². The number of allylic oxidation sites excluding steroid dienone is 2. The molecular weight excluding hydrogens is 347 g/mol. The first kappa shape index (κ1) is 19.1. The number of hydrogen-bond acceptors (Lipinski definition) is 2. The van der Waals surface area contributed by atoms with Crippen LogP contribution in [0.5, 0.6) is 0 Å². The van der Waals surface area contributed by atoms with Crippen molar-refractivity contribution in [2.75, 3.05) is 0 Å². The third-order valence-electron chi connectivity index (χ3n) is 4.61. The Morgan fingerprint density at radius 1 is 1.11 bits per heavy atom. The normalized spacial score (nSPS) is 10.6. The molecule has 0 unspecified atom stereocenters. The highest BCUT2D eigenvalue weighted by atomic mass is 32.1. The molecule has 0 saturated carbocycles. The van der Waals surface area contributed by atoms with Crippen molar-refractivity contribution in [3.05, 3.63) is 94.2 Å². The van der Waals surface area contributed by atoms with Crippen molar-refractivity contribution in [2.45, 2.75) is 20.3 Å². The highest BCUT2D eigenvalue weighted by molar-refractivity contribution is 7.10. The van der Waals surface area contributed by atoms with Crippen molar-refractivity contribution in [1.82, 2.24) is 0 Å². The van der Waals surface area contributed by atoms with Crippen LogP contribution in [-0.2, 0) is 6.42 Å². The van der Waals surface area contributed by atoms with Gasteiger partial charge in [0.1, 0.15) is 7.85 Å². The van der Waals surface area contributed by atoms with Crippen LogP contribution in [0.15, 0.2) is 72.6 Å². The van der Waals surface area contributed by atoms with Crippen molar-refractivity contribution in [3.8, 4) is 11.1 Å². The summed E-state index contributed by atoms with van der Waals surface area (Å²) < 4.78 is 0. The second-order valence-corrected chi connectivity index (χ2v) is 7.72. The average molecular weight is 368 g/mol. The fraction of sp³-hybridized carbons (Fsp3) is 0.125. The summed E-state index contributed by atoms with van der Waals surface area (Å²) in [5.41, 5.74) is 7.53. The second-order valence-electron chi connectivity index (χ2n) is 6.75. The molecule has 0 aliphatic carbocycles. The van der Waals surface area contributed by atoms with Crippen LogP contribution in [0, 0.1) is 6.92 Å². The molecule has 1 nitrogen and oxygen atoms in total. The molecule has 2 radical (unpaired) electrons. The maximum absolute atomic E-state index is 12.4. The van der Waals surface area contributed by atoms with E-state index in [1.165, 1.54) is 5.56 Å². The predicted octanol–water partition coefficient (Wildman–Crippen LogP) is 5.53. The molecule has 0 aliphatic rings. The summed E-state index contributed by atoms with van der Waals surface area (Å²) in [5, 5.41) is 2.04. The van der Waals surface area contributed by atoms with E-state index in [0.717, 1.165) is 38.3 Å². The maximum atomic E-state index is 12.4. The fourth-order valence-electron chi connectivity index (χ4n) is 3.13. The molecule has 27 heavy (non-hydrogen) atoms. The zero-order valence-corrected chi connectivity index (χ0v) is 16.5. The number of benzene rings is 2. The molecular formula is C24H21BOS. The quantitative estimate of drug-likeness (QED) is 0.318. The summed E-state index contributed by atoms with van der Waals surface area (Å²) in [6.45, 7) is 12.1. The Labute approximate surface area is 166 Å². The van der Waals surface area contributed by atoms with E-state index >= 15 is 0 Å². The average Bonchev–Trinajstić information content (AvgIpc) is 3.05. The number of hydrogen-bond donors (Lipinski definition) is 0. The largest absolute Gasteiger partial charge is 0.294 e. The molecule has 3 aromatic rings. The van der Waals surface area contributed by atoms with Crippen LogP contribution < -0.4 is 5.46 Å². The van der Waals surface area contributed by atoms with Crippen LogP contribution in [0.25, 0.3) is 16.7 Å². The van der Waals surface area contributed by atoms with Crippen molar-refractivity contribution in [2.24, 2.45) is 0 Å². The summed E-state index contributed by atoms with van der Waals surface area (Å²) in [6.07, 6.45) is 0.612. The Bertz CT molecular complexity index is 1020. The molecule has 0 amide bonds. The highest BCUT2D eigenvalue weighted by Gasteiger charge is 2.18. The monoisotopic (exact) mass is 368 g/mol. The standard InChI is InChI=1S/C24H21BOS/c1-15-6-5-7-20(12-15)17(3)16(2)13-23-24(18(4)26)22(14-27-23)19-8-10-21(25)11-9-19/h5-12,14H,2-3,13H2,1,4H3. The third-order valence-corrected chi connectivity index (χ3v) is 5.59. The Morgan fingerprint density at radius 3 is 2.44 bits per heavy atom. The van der Waals surface area contributed by atoms with Gasteiger partial charge in [0.05, 0.1) is 0 Å². The molecule has 0 atom stereocenters. The smallest absolute Gasteiger partial charge is 0.161 e. The van der Waals surface area contributed by atoms with Gasteiger partial charge in [0.15, 0.2) is 5.78 Å². The van der Waals surface area contributed by atoms with Gasteiger partial charge in [-0.2, -0.15) is 0 Å². The van der Waals surface area contributed by atoms with Crippen molar-refractivity contribution < 1.29 is 4.79 Å². The first-order chi connectivity index (χ1) is 12.9. The second kappa shape index (κ2) is 7.93. The van der Waals surface area contributed by atoms with Gasteiger partial charge in [-0.1, -0.05) is 72.7 Å². The van der Waals surface area contributed by atoms with Gasteiger partial charge < -0.3 is 0 Å². The zero-order valence-electron chi connectivity index (χ0n) is 15.7. The molecule has 0 spiro atoms. The Morgan fingerprint density at radius 2 is 1.81 bits per heavy atom. The van der Waals surface area contributed by atoms with E-state index in [2.05, 4.69) is 32.2 Å². The van der Waals surface area contributed by atoms with Gasteiger partial charge in [0.25, 0.3) is 0 Å². The lowest BCUT2D eigenvalue weighted by atomic mass is 9.91. The molecule has 3 heteroatoms. The van der Waals surface area contributed by atoms with Gasteiger partial charge in [0.2, 0.25) is 0 Å². The van der Waals surface area contributed by atoms with Gasteiger partial charge in [0, 0.05) is 22.4 Å². The Balaban J connectivity index is 1.91.